The molecule has 0 spiro atoms. The van der Waals surface area contributed by atoms with Crippen molar-refractivity contribution in [1.82, 2.24) is 9.55 Å². The Labute approximate surface area is 108 Å². The van der Waals surface area contributed by atoms with Crippen molar-refractivity contribution in [2.24, 2.45) is 7.05 Å². The van der Waals surface area contributed by atoms with Crippen LogP contribution in [0.2, 0.25) is 0 Å². The molecule has 0 amide bonds. The largest absolute Gasteiger partial charge is 0.479 e. The first kappa shape index (κ1) is 17.0. The van der Waals surface area contributed by atoms with Crippen LogP contribution in [0.25, 0.3) is 0 Å². The van der Waals surface area contributed by atoms with Crippen LogP contribution in [0.1, 0.15) is 18.9 Å². The van der Waals surface area contributed by atoms with Crippen molar-refractivity contribution < 1.29 is 35.1 Å². The van der Waals surface area contributed by atoms with E-state index in [9.17, 15) is 9.59 Å². The SMILES string of the molecule is CC(O)c1nccn1C.O=C(O)C(O)C(O)C(=O)O. The monoisotopic (exact) mass is 276 g/mol. The summed E-state index contributed by atoms with van der Waals surface area (Å²) in [4.78, 5) is 23.5. The first-order valence-corrected chi connectivity index (χ1v) is 5.15. The molecule has 0 aliphatic heterocycles. The Hall–Kier alpha value is -1.97. The van der Waals surface area contributed by atoms with Crippen molar-refractivity contribution >= 4 is 11.9 Å². The van der Waals surface area contributed by atoms with Gasteiger partial charge in [0, 0.05) is 19.4 Å². The average Bonchev–Trinajstić information content (AvgIpc) is 2.74. The molecule has 19 heavy (non-hydrogen) atoms. The van der Waals surface area contributed by atoms with E-state index in [1.165, 1.54) is 0 Å². The lowest BCUT2D eigenvalue weighted by atomic mass is 10.2. The molecular formula is C10H16N2O7. The number of carboxylic acid groups (broad SMARTS) is 2. The third-order valence-corrected chi connectivity index (χ3v) is 2.04. The van der Waals surface area contributed by atoms with Gasteiger partial charge < -0.3 is 30.1 Å². The molecule has 0 saturated heterocycles. The molecule has 1 heterocycles. The van der Waals surface area contributed by atoms with Gasteiger partial charge in [-0.1, -0.05) is 0 Å². The lowest BCUT2D eigenvalue weighted by Crippen LogP contribution is -2.39. The van der Waals surface area contributed by atoms with Gasteiger partial charge in [0.2, 0.25) is 0 Å². The van der Waals surface area contributed by atoms with E-state index in [0.717, 1.165) is 0 Å². The summed E-state index contributed by atoms with van der Waals surface area (Å²) in [6, 6.07) is 0. The molecule has 0 bridgehead atoms. The Bertz CT molecular complexity index is 411. The van der Waals surface area contributed by atoms with E-state index in [0.29, 0.717) is 5.82 Å². The lowest BCUT2D eigenvalue weighted by molar-refractivity contribution is -0.165. The smallest absolute Gasteiger partial charge is 0.335 e. The predicted molar refractivity (Wildman–Crippen MR) is 61.1 cm³/mol. The number of nitrogens with zero attached hydrogens (tertiary/aromatic N) is 2. The molecule has 3 unspecified atom stereocenters. The Morgan fingerprint density at radius 3 is 1.74 bits per heavy atom. The summed E-state index contributed by atoms with van der Waals surface area (Å²) in [7, 11) is 1.86. The van der Waals surface area contributed by atoms with Crippen LogP contribution in [0.5, 0.6) is 0 Å². The number of imidazole rings is 1. The highest BCUT2D eigenvalue weighted by Gasteiger charge is 2.29. The summed E-state index contributed by atoms with van der Waals surface area (Å²) in [5.41, 5.74) is 0. The molecular weight excluding hydrogens is 260 g/mol. The van der Waals surface area contributed by atoms with E-state index in [1.807, 2.05) is 13.2 Å². The number of aliphatic carboxylic acids is 2. The van der Waals surface area contributed by atoms with Crippen LogP contribution in [0, 0.1) is 0 Å². The second kappa shape index (κ2) is 7.46. The maximum Gasteiger partial charge on any atom is 0.335 e. The molecule has 0 aliphatic rings. The van der Waals surface area contributed by atoms with Crippen LogP contribution in [-0.4, -0.2) is 59.2 Å². The molecule has 1 aromatic heterocycles. The minimum Gasteiger partial charge on any atom is -0.479 e. The van der Waals surface area contributed by atoms with Crippen LogP contribution >= 0.6 is 0 Å². The Balaban J connectivity index is 0.000000342. The van der Waals surface area contributed by atoms with Crippen molar-refractivity contribution in [2.75, 3.05) is 0 Å². The summed E-state index contributed by atoms with van der Waals surface area (Å²) in [5.74, 6) is -2.83. The van der Waals surface area contributed by atoms with E-state index in [-0.39, 0.29) is 0 Å². The van der Waals surface area contributed by atoms with Gasteiger partial charge in [0.25, 0.3) is 0 Å². The number of carboxylic acids is 2. The molecule has 1 aromatic rings. The molecule has 0 saturated carbocycles. The number of aryl methyl sites for hydroxylation is 1. The summed E-state index contributed by atoms with van der Waals surface area (Å²) in [6.07, 6.45) is -1.52. The van der Waals surface area contributed by atoms with Gasteiger partial charge in [0.15, 0.2) is 12.2 Å². The number of rotatable bonds is 4. The topological polar surface area (TPSA) is 153 Å². The van der Waals surface area contributed by atoms with Crippen molar-refractivity contribution in [3.05, 3.63) is 18.2 Å². The highest BCUT2D eigenvalue weighted by molar-refractivity contribution is 5.83. The van der Waals surface area contributed by atoms with Gasteiger partial charge in [-0.3, -0.25) is 0 Å². The fourth-order valence-corrected chi connectivity index (χ4v) is 1.05. The van der Waals surface area contributed by atoms with Crippen LogP contribution < -0.4 is 0 Å². The molecule has 108 valence electrons. The Morgan fingerprint density at radius 1 is 1.16 bits per heavy atom. The summed E-state index contributed by atoms with van der Waals surface area (Å²) >= 11 is 0. The molecule has 1 rings (SSSR count). The standard InChI is InChI=1S/C6H10N2O.C4H6O6/c1-5(9)6-7-3-4-8(6)2;5-1(3(7)8)2(6)4(9)10/h3-5,9H,1-2H3;1-2,5-6H,(H,7,8)(H,9,10). The third kappa shape index (κ3) is 5.46. The first-order chi connectivity index (χ1) is 8.68. The maximum atomic E-state index is 9.77. The van der Waals surface area contributed by atoms with Gasteiger partial charge >= 0.3 is 11.9 Å². The van der Waals surface area contributed by atoms with Crippen molar-refractivity contribution in [2.45, 2.75) is 25.2 Å². The predicted octanol–water partition coefficient (Wildman–Crippen LogP) is -1.65. The fourth-order valence-electron chi connectivity index (χ4n) is 1.05. The van der Waals surface area contributed by atoms with Crippen LogP contribution in [-0.2, 0) is 16.6 Å². The number of hydrogen-bond acceptors (Lipinski definition) is 6. The van der Waals surface area contributed by atoms with Gasteiger partial charge in [-0.25, -0.2) is 14.6 Å². The zero-order valence-corrected chi connectivity index (χ0v) is 10.3. The number of carbonyl (C=O) groups is 2. The first-order valence-electron chi connectivity index (χ1n) is 5.15. The van der Waals surface area contributed by atoms with E-state index in [4.69, 9.17) is 25.5 Å². The van der Waals surface area contributed by atoms with Crippen molar-refractivity contribution in [3.63, 3.8) is 0 Å². The highest BCUT2D eigenvalue weighted by Crippen LogP contribution is 2.05. The van der Waals surface area contributed by atoms with Crippen LogP contribution in [0.15, 0.2) is 12.4 Å². The van der Waals surface area contributed by atoms with Gasteiger partial charge in [0.05, 0.1) is 0 Å². The molecule has 3 atom stereocenters. The van der Waals surface area contributed by atoms with Gasteiger partial charge in [-0.05, 0) is 6.92 Å². The highest BCUT2D eigenvalue weighted by atomic mass is 16.4. The Kier molecular flexibility index (Phi) is 6.69. The Morgan fingerprint density at radius 2 is 1.58 bits per heavy atom. The molecule has 0 aromatic carbocycles. The molecule has 9 heteroatoms. The molecule has 9 nitrogen and oxygen atoms in total. The van der Waals surface area contributed by atoms with Gasteiger partial charge in [-0.2, -0.15) is 0 Å². The molecule has 0 aliphatic carbocycles. The van der Waals surface area contributed by atoms with E-state index < -0.39 is 30.3 Å². The van der Waals surface area contributed by atoms with Crippen LogP contribution in [0.4, 0.5) is 0 Å². The number of hydrogen-bond donors (Lipinski definition) is 5. The normalized spacial score (nSPS) is 14.8. The van der Waals surface area contributed by atoms with Crippen LogP contribution in [0.3, 0.4) is 0 Å². The van der Waals surface area contributed by atoms with E-state index in [1.54, 1.807) is 17.7 Å². The maximum absolute atomic E-state index is 9.77. The zero-order valence-electron chi connectivity index (χ0n) is 10.3. The average molecular weight is 276 g/mol. The van der Waals surface area contributed by atoms with Gasteiger partial charge in [-0.15, -0.1) is 0 Å². The minimum atomic E-state index is -2.27. The van der Waals surface area contributed by atoms with Crippen molar-refractivity contribution in [1.29, 1.82) is 0 Å². The quantitative estimate of drug-likeness (QED) is 0.438. The third-order valence-electron chi connectivity index (χ3n) is 2.04. The molecule has 5 N–H and O–H groups in total. The number of aromatic nitrogens is 2. The van der Waals surface area contributed by atoms with Crippen molar-refractivity contribution in [3.8, 4) is 0 Å². The lowest BCUT2D eigenvalue weighted by Gasteiger charge is -2.07. The fraction of sp³-hybridized carbons (Fsp3) is 0.500. The second-order valence-corrected chi connectivity index (χ2v) is 3.64. The molecule has 0 fully saturated rings. The number of aliphatic hydroxyl groups excluding tert-OH is 3. The second-order valence-electron chi connectivity index (χ2n) is 3.64. The summed E-state index contributed by atoms with van der Waals surface area (Å²) < 4.78 is 1.80. The van der Waals surface area contributed by atoms with Gasteiger partial charge in [0.1, 0.15) is 11.9 Å². The zero-order chi connectivity index (χ0) is 15.2. The van der Waals surface area contributed by atoms with E-state index >= 15 is 0 Å². The summed E-state index contributed by atoms with van der Waals surface area (Å²) in [6.45, 7) is 1.70. The number of aliphatic hydroxyl groups is 3. The molecule has 0 radical (unpaired) electrons. The summed E-state index contributed by atoms with van der Waals surface area (Å²) in [5, 5.41) is 41.5. The van der Waals surface area contributed by atoms with E-state index in [2.05, 4.69) is 4.98 Å². The minimum absolute atomic E-state index is 0.468.